The molecule has 6 heteroatoms. The van der Waals surface area contributed by atoms with Crippen LogP contribution >= 0.6 is 0 Å². The van der Waals surface area contributed by atoms with E-state index < -0.39 is 10.4 Å². The number of quaternary nitrogens is 1. The lowest BCUT2D eigenvalue weighted by molar-refractivity contribution is -0.890. The van der Waals surface area contributed by atoms with Crippen LogP contribution in [0, 0.1) is 0 Å². The zero-order valence-electron chi connectivity index (χ0n) is 24.5. The van der Waals surface area contributed by atoms with Crippen molar-refractivity contribution in [3.8, 4) is 0 Å². The predicted molar refractivity (Wildman–Crippen MR) is 151 cm³/mol. The molecule has 214 valence electrons. The fourth-order valence-corrected chi connectivity index (χ4v) is 4.52. The zero-order chi connectivity index (χ0) is 26.7. The quantitative estimate of drug-likeness (QED) is 0.0521. The fourth-order valence-electron chi connectivity index (χ4n) is 4.52. The van der Waals surface area contributed by atoms with Gasteiger partial charge in [0, 0.05) is 0 Å². The molecule has 0 N–H and O–H groups in total. The molecular formula is C29H63NO4S. The van der Waals surface area contributed by atoms with Crippen molar-refractivity contribution in [1.29, 1.82) is 0 Å². The molecule has 0 aliphatic rings. The molecule has 5 nitrogen and oxygen atoms in total. The normalized spacial score (nSPS) is 11.9. The number of hydrogen-bond donors (Lipinski definition) is 0. The molecule has 0 aromatic heterocycles. The van der Waals surface area contributed by atoms with Crippen LogP contribution in [0.4, 0.5) is 0 Å². The van der Waals surface area contributed by atoms with E-state index in [1.165, 1.54) is 159 Å². The summed E-state index contributed by atoms with van der Waals surface area (Å²) in [6, 6.07) is 0. The van der Waals surface area contributed by atoms with Gasteiger partial charge < -0.3 is 9.04 Å². The molecule has 35 heavy (non-hydrogen) atoms. The smallest absolute Gasteiger partial charge is 0.217 e. The van der Waals surface area contributed by atoms with Crippen molar-refractivity contribution in [3.05, 3.63) is 0 Å². The van der Waals surface area contributed by atoms with Gasteiger partial charge in [0.05, 0.1) is 34.3 Å². The maximum Gasteiger partial charge on any atom is 0.217 e. The molecule has 0 rings (SSSR count). The minimum atomic E-state index is -4.41. The molecule has 0 saturated heterocycles. The van der Waals surface area contributed by atoms with Crippen molar-refractivity contribution >= 4 is 10.4 Å². The number of nitrogens with zero attached hydrogens (tertiary/aromatic N) is 1. The Hall–Kier alpha value is -0.170. The molecule has 0 unspecified atom stereocenters. The maximum absolute atomic E-state index is 9.22. The lowest BCUT2D eigenvalue weighted by Gasteiger charge is -2.30. The standard InChI is InChI=1S/C28H60N.CH4O4S/c1-5-7-9-11-13-14-15-16-17-18-19-20-21-22-24-26-28-29(3,4)27-25-23-12-10-8-6-2;1-5-6(2,3)4/h5-28H2,1-4H3;1H3,(H,2,3,4)/q+1;/p-1. The van der Waals surface area contributed by atoms with Crippen molar-refractivity contribution in [1.82, 2.24) is 0 Å². The van der Waals surface area contributed by atoms with Gasteiger partial charge in [-0.15, -0.1) is 0 Å². The summed E-state index contributed by atoms with van der Waals surface area (Å²) < 4.78 is 32.3. The number of rotatable bonds is 25. The van der Waals surface area contributed by atoms with Crippen LogP contribution in [-0.2, 0) is 14.6 Å². The van der Waals surface area contributed by atoms with E-state index in [1.54, 1.807) is 0 Å². The molecule has 0 aromatic rings. The first-order valence-corrected chi connectivity index (χ1v) is 16.3. The minimum absolute atomic E-state index is 0.808. The third-order valence-electron chi connectivity index (χ3n) is 6.94. The average molecular weight is 522 g/mol. The van der Waals surface area contributed by atoms with Gasteiger partial charge >= 0.3 is 0 Å². The first-order valence-electron chi connectivity index (χ1n) is 15.0. The molecule has 0 saturated carbocycles. The van der Waals surface area contributed by atoms with E-state index in [2.05, 4.69) is 32.1 Å². The van der Waals surface area contributed by atoms with Crippen molar-refractivity contribution in [2.45, 2.75) is 155 Å². The molecule has 0 aliphatic carbocycles. The van der Waals surface area contributed by atoms with E-state index in [9.17, 15) is 13.0 Å². The Kier molecular flexibility index (Phi) is 28.4. The lowest BCUT2D eigenvalue weighted by atomic mass is 10.0. The van der Waals surface area contributed by atoms with Gasteiger partial charge in [-0.05, 0) is 25.7 Å². The monoisotopic (exact) mass is 521 g/mol. The Morgan fingerprint density at radius 1 is 0.514 bits per heavy atom. The maximum atomic E-state index is 9.22. The van der Waals surface area contributed by atoms with Gasteiger partial charge in [0.15, 0.2) is 0 Å². The van der Waals surface area contributed by atoms with Crippen molar-refractivity contribution < 1.29 is 21.6 Å². The van der Waals surface area contributed by atoms with Gasteiger partial charge in [-0.3, -0.25) is 4.18 Å². The molecule has 0 spiro atoms. The highest BCUT2D eigenvalue weighted by Crippen LogP contribution is 2.15. The molecule has 0 atom stereocenters. The van der Waals surface area contributed by atoms with Crippen LogP contribution in [0.5, 0.6) is 0 Å². The molecule has 0 fully saturated rings. The fraction of sp³-hybridized carbons (Fsp3) is 1.00. The van der Waals surface area contributed by atoms with Gasteiger partial charge in [0.1, 0.15) is 0 Å². The summed E-state index contributed by atoms with van der Waals surface area (Å²) in [5.74, 6) is 0. The lowest BCUT2D eigenvalue weighted by Crippen LogP contribution is -2.41. The highest BCUT2D eigenvalue weighted by molar-refractivity contribution is 7.80. The summed E-state index contributed by atoms with van der Waals surface area (Å²) in [6.07, 6.45) is 32.0. The first-order chi connectivity index (χ1) is 16.7. The highest BCUT2D eigenvalue weighted by Gasteiger charge is 2.13. The van der Waals surface area contributed by atoms with Gasteiger partial charge in [0.25, 0.3) is 0 Å². The second-order valence-corrected chi connectivity index (χ2v) is 12.2. The van der Waals surface area contributed by atoms with Gasteiger partial charge in [-0.2, -0.15) is 0 Å². The van der Waals surface area contributed by atoms with Gasteiger partial charge in [-0.25, -0.2) is 8.42 Å². The summed E-state index contributed by atoms with van der Waals surface area (Å²) in [4.78, 5) is 0. The molecule has 0 bridgehead atoms. The summed E-state index contributed by atoms with van der Waals surface area (Å²) in [5, 5.41) is 0. The van der Waals surface area contributed by atoms with E-state index in [0.717, 1.165) is 7.11 Å². The Labute approximate surface area is 221 Å². The Balaban J connectivity index is 0. The van der Waals surface area contributed by atoms with Crippen molar-refractivity contribution in [2.75, 3.05) is 34.3 Å². The molecular weight excluding hydrogens is 458 g/mol. The number of unbranched alkanes of at least 4 members (excludes halogenated alkanes) is 20. The Morgan fingerprint density at radius 3 is 0.914 bits per heavy atom. The van der Waals surface area contributed by atoms with E-state index in [4.69, 9.17) is 0 Å². The van der Waals surface area contributed by atoms with Gasteiger partial charge in [0.2, 0.25) is 10.4 Å². The van der Waals surface area contributed by atoms with Crippen LogP contribution < -0.4 is 0 Å². The molecule has 0 aliphatic heterocycles. The van der Waals surface area contributed by atoms with Crippen LogP contribution in [0.3, 0.4) is 0 Å². The predicted octanol–water partition coefficient (Wildman–Crippen LogP) is 8.78. The Morgan fingerprint density at radius 2 is 0.714 bits per heavy atom. The third-order valence-corrected chi connectivity index (χ3v) is 7.35. The average Bonchev–Trinajstić information content (AvgIpc) is 2.81. The van der Waals surface area contributed by atoms with Crippen LogP contribution in [0.25, 0.3) is 0 Å². The van der Waals surface area contributed by atoms with Crippen molar-refractivity contribution in [2.24, 2.45) is 0 Å². The third kappa shape index (κ3) is 36.1. The van der Waals surface area contributed by atoms with E-state index in [1.807, 2.05) is 0 Å². The summed E-state index contributed by atoms with van der Waals surface area (Å²) in [5.41, 5.74) is 0. The highest BCUT2D eigenvalue weighted by atomic mass is 32.3. The second kappa shape index (κ2) is 26.9. The molecule has 0 radical (unpaired) electrons. The number of hydrogen-bond acceptors (Lipinski definition) is 4. The summed E-state index contributed by atoms with van der Waals surface area (Å²) >= 11 is 0. The minimum Gasteiger partial charge on any atom is -0.726 e. The van der Waals surface area contributed by atoms with Crippen molar-refractivity contribution in [3.63, 3.8) is 0 Å². The van der Waals surface area contributed by atoms with Crippen LogP contribution in [0.2, 0.25) is 0 Å². The van der Waals surface area contributed by atoms with Crippen LogP contribution in [-0.4, -0.2) is 51.7 Å². The molecule has 0 aromatic carbocycles. The molecule has 0 heterocycles. The summed E-state index contributed by atoms with van der Waals surface area (Å²) in [6.45, 7) is 7.37. The van der Waals surface area contributed by atoms with E-state index >= 15 is 0 Å². The summed E-state index contributed by atoms with van der Waals surface area (Å²) in [7, 11) is 1.28. The first kappa shape index (κ1) is 37.0. The van der Waals surface area contributed by atoms with Gasteiger partial charge in [-0.1, -0.05) is 129 Å². The van der Waals surface area contributed by atoms with Crippen LogP contribution in [0.1, 0.15) is 155 Å². The zero-order valence-corrected chi connectivity index (χ0v) is 25.3. The largest absolute Gasteiger partial charge is 0.726 e. The van der Waals surface area contributed by atoms with Crippen LogP contribution in [0.15, 0.2) is 0 Å². The Bertz CT molecular complexity index is 509. The topological polar surface area (TPSA) is 66.4 Å². The molecule has 0 amide bonds. The van der Waals surface area contributed by atoms with E-state index in [-0.39, 0.29) is 0 Å². The SMILES string of the molecule is CCCCCCCCCCCCCCCCCC[N+](C)(C)CCCCCCCC.COS(=O)(=O)[O-]. The second-order valence-electron chi connectivity index (χ2n) is 11.0. The van der Waals surface area contributed by atoms with E-state index in [0.29, 0.717) is 0 Å².